The molecular weight excluding hydrogens is 284 g/mol. The average molecular weight is 298 g/mol. The molecule has 1 atom stereocenters. The van der Waals surface area contributed by atoms with Crippen LogP contribution in [-0.2, 0) is 4.79 Å². The molecule has 0 radical (unpaired) electrons. The summed E-state index contributed by atoms with van der Waals surface area (Å²) >= 11 is 0. The van der Waals surface area contributed by atoms with Crippen LogP contribution in [0.1, 0.15) is 17.3 Å². The zero-order valence-electron chi connectivity index (χ0n) is 11.9. The van der Waals surface area contributed by atoms with Crippen molar-refractivity contribution in [3.8, 4) is 17.2 Å². The molecule has 5 heteroatoms. The van der Waals surface area contributed by atoms with Gasteiger partial charge < -0.3 is 14.2 Å². The lowest BCUT2D eigenvalue weighted by molar-refractivity contribution is -0.144. The molecule has 0 saturated carbocycles. The molecule has 0 saturated heterocycles. The molecule has 0 bridgehead atoms. The molecule has 22 heavy (non-hydrogen) atoms. The summed E-state index contributed by atoms with van der Waals surface area (Å²) in [6.45, 7) is 1.54. The van der Waals surface area contributed by atoms with E-state index in [0.717, 1.165) is 0 Å². The Bertz CT molecular complexity index is 722. The maximum atomic E-state index is 12.1. The van der Waals surface area contributed by atoms with Gasteiger partial charge in [-0.2, -0.15) is 0 Å². The van der Waals surface area contributed by atoms with E-state index >= 15 is 0 Å². The van der Waals surface area contributed by atoms with Gasteiger partial charge in [0.25, 0.3) is 0 Å². The number of rotatable bonds is 3. The summed E-state index contributed by atoms with van der Waals surface area (Å²) in [6, 6.07) is 13.6. The summed E-state index contributed by atoms with van der Waals surface area (Å²) in [5.74, 6) is 0.762. The highest BCUT2D eigenvalue weighted by Gasteiger charge is 2.29. The van der Waals surface area contributed by atoms with Crippen LogP contribution >= 0.6 is 0 Å². The van der Waals surface area contributed by atoms with Crippen molar-refractivity contribution < 1.29 is 23.8 Å². The summed E-state index contributed by atoms with van der Waals surface area (Å²) < 4.78 is 16.3. The summed E-state index contributed by atoms with van der Waals surface area (Å²) in [6.07, 6.45) is -0.837. The number of hydrogen-bond acceptors (Lipinski definition) is 5. The Morgan fingerprint density at radius 2 is 1.86 bits per heavy atom. The number of benzene rings is 2. The van der Waals surface area contributed by atoms with E-state index in [9.17, 15) is 9.59 Å². The number of esters is 1. The van der Waals surface area contributed by atoms with Crippen LogP contribution < -0.4 is 14.2 Å². The molecule has 0 N–H and O–H groups in total. The highest BCUT2D eigenvalue weighted by Crippen LogP contribution is 2.31. The molecular formula is C17H14O5. The molecule has 2 aromatic rings. The van der Waals surface area contributed by atoms with Crippen molar-refractivity contribution in [2.45, 2.75) is 13.0 Å². The van der Waals surface area contributed by atoms with Crippen LogP contribution in [0, 0.1) is 0 Å². The van der Waals surface area contributed by atoms with E-state index in [4.69, 9.17) is 14.2 Å². The van der Waals surface area contributed by atoms with E-state index < -0.39 is 12.1 Å². The Balaban J connectivity index is 1.71. The number of ether oxygens (including phenoxy) is 3. The third-order valence-corrected chi connectivity index (χ3v) is 3.23. The van der Waals surface area contributed by atoms with Gasteiger partial charge in [0.2, 0.25) is 6.10 Å². The van der Waals surface area contributed by atoms with Gasteiger partial charge in [-0.3, -0.25) is 4.79 Å². The van der Waals surface area contributed by atoms with Crippen molar-refractivity contribution in [2.75, 3.05) is 6.61 Å². The molecule has 0 aromatic heterocycles. The molecule has 112 valence electrons. The highest BCUT2D eigenvalue weighted by atomic mass is 16.6. The number of ketones is 1. The van der Waals surface area contributed by atoms with Crippen LogP contribution in [0.2, 0.25) is 0 Å². The largest absolute Gasteiger partial charge is 0.485 e. The first-order valence-corrected chi connectivity index (χ1v) is 6.84. The maximum Gasteiger partial charge on any atom is 0.356 e. The maximum absolute atomic E-state index is 12.1. The summed E-state index contributed by atoms with van der Waals surface area (Å²) in [7, 11) is 0. The Hall–Kier alpha value is -2.82. The van der Waals surface area contributed by atoms with Crippen molar-refractivity contribution in [1.29, 1.82) is 0 Å². The van der Waals surface area contributed by atoms with Crippen molar-refractivity contribution in [2.24, 2.45) is 0 Å². The van der Waals surface area contributed by atoms with Gasteiger partial charge in [-0.1, -0.05) is 24.3 Å². The number of Topliss-reactive ketones (excluding diaryl/α,β-unsaturated/α-hetero) is 1. The van der Waals surface area contributed by atoms with Crippen LogP contribution in [0.4, 0.5) is 0 Å². The van der Waals surface area contributed by atoms with Gasteiger partial charge in [0.05, 0.1) is 0 Å². The van der Waals surface area contributed by atoms with E-state index in [1.807, 2.05) is 6.07 Å². The molecule has 0 spiro atoms. The zero-order chi connectivity index (χ0) is 15.5. The number of fused-ring (bicyclic) bond motifs is 1. The zero-order valence-corrected chi connectivity index (χ0v) is 11.9. The van der Waals surface area contributed by atoms with Crippen LogP contribution in [0.5, 0.6) is 17.2 Å². The highest BCUT2D eigenvalue weighted by molar-refractivity contribution is 5.94. The molecule has 0 fully saturated rings. The Morgan fingerprint density at radius 1 is 1.09 bits per heavy atom. The Kier molecular flexibility index (Phi) is 3.78. The fourth-order valence-corrected chi connectivity index (χ4v) is 2.10. The van der Waals surface area contributed by atoms with Gasteiger partial charge in [0.15, 0.2) is 17.3 Å². The van der Waals surface area contributed by atoms with Gasteiger partial charge in [-0.15, -0.1) is 0 Å². The molecule has 1 heterocycles. The lowest BCUT2D eigenvalue weighted by atomic mass is 10.1. The minimum absolute atomic E-state index is 0.0856. The van der Waals surface area contributed by atoms with Crippen LogP contribution in [0.3, 0.4) is 0 Å². The average Bonchev–Trinajstić information content (AvgIpc) is 2.54. The first-order chi connectivity index (χ1) is 10.6. The van der Waals surface area contributed by atoms with E-state index in [0.29, 0.717) is 22.8 Å². The minimum atomic E-state index is -0.837. The molecule has 0 unspecified atom stereocenters. The summed E-state index contributed by atoms with van der Waals surface area (Å²) in [5.41, 5.74) is 0.483. The summed E-state index contributed by atoms with van der Waals surface area (Å²) in [4.78, 5) is 23.5. The molecule has 0 aliphatic carbocycles. The number of hydrogen-bond donors (Lipinski definition) is 0. The Morgan fingerprint density at radius 3 is 2.64 bits per heavy atom. The second-order valence-electron chi connectivity index (χ2n) is 4.87. The predicted octanol–water partition coefficient (Wildman–Crippen LogP) is 2.63. The van der Waals surface area contributed by atoms with E-state index in [1.165, 1.54) is 13.0 Å². The second-order valence-corrected chi connectivity index (χ2v) is 4.87. The Labute approximate surface area is 127 Å². The number of para-hydroxylation sites is 2. The molecule has 1 aliphatic rings. The third-order valence-electron chi connectivity index (χ3n) is 3.23. The first kappa shape index (κ1) is 14.1. The monoisotopic (exact) mass is 298 g/mol. The molecule has 3 rings (SSSR count). The van der Waals surface area contributed by atoms with E-state index in [2.05, 4.69) is 0 Å². The molecule has 0 amide bonds. The van der Waals surface area contributed by atoms with Crippen molar-refractivity contribution >= 4 is 11.8 Å². The topological polar surface area (TPSA) is 61.8 Å². The lowest BCUT2D eigenvalue weighted by Gasteiger charge is -2.24. The molecule has 2 aromatic carbocycles. The first-order valence-electron chi connectivity index (χ1n) is 6.84. The van der Waals surface area contributed by atoms with Gasteiger partial charge in [-0.05, 0) is 31.2 Å². The fourth-order valence-electron chi connectivity index (χ4n) is 2.10. The smallest absolute Gasteiger partial charge is 0.356 e. The van der Waals surface area contributed by atoms with Crippen molar-refractivity contribution in [1.82, 2.24) is 0 Å². The quantitative estimate of drug-likeness (QED) is 0.495. The fraction of sp³-hybridized carbons (Fsp3) is 0.176. The number of carbonyl (C=O) groups excluding carboxylic acids is 2. The van der Waals surface area contributed by atoms with Gasteiger partial charge in [-0.25, -0.2) is 4.79 Å². The normalized spacial score (nSPS) is 16.0. The lowest BCUT2D eigenvalue weighted by Crippen LogP contribution is -2.39. The summed E-state index contributed by atoms with van der Waals surface area (Å²) in [5, 5.41) is 0. The van der Waals surface area contributed by atoms with Crippen molar-refractivity contribution in [3.05, 3.63) is 54.1 Å². The molecule has 1 aliphatic heterocycles. The minimum Gasteiger partial charge on any atom is -0.485 e. The van der Waals surface area contributed by atoms with E-state index in [1.54, 1.807) is 36.4 Å². The van der Waals surface area contributed by atoms with Crippen LogP contribution in [0.15, 0.2) is 48.5 Å². The third kappa shape index (κ3) is 2.93. The molecule has 5 nitrogen and oxygen atoms in total. The van der Waals surface area contributed by atoms with Crippen LogP contribution in [-0.4, -0.2) is 24.5 Å². The van der Waals surface area contributed by atoms with Gasteiger partial charge >= 0.3 is 5.97 Å². The predicted molar refractivity (Wildman–Crippen MR) is 78.4 cm³/mol. The standard InChI is InChI=1S/C17H14O5/c1-11(18)12-5-4-6-13(9-12)21-17(19)16-10-20-14-7-2-3-8-15(14)22-16/h2-9,16H,10H2,1H3/t16-/m0/s1. The SMILES string of the molecule is CC(=O)c1cccc(OC(=O)[C@@H]2COc3ccccc3O2)c1. The second kappa shape index (κ2) is 5.89. The van der Waals surface area contributed by atoms with E-state index in [-0.39, 0.29) is 12.4 Å². The van der Waals surface area contributed by atoms with Gasteiger partial charge in [0.1, 0.15) is 12.4 Å². The van der Waals surface area contributed by atoms with Crippen LogP contribution in [0.25, 0.3) is 0 Å². The van der Waals surface area contributed by atoms with Gasteiger partial charge in [0, 0.05) is 5.56 Å². The number of carbonyl (C=O) groups is 2. The van der Waals surface area contributed by atoms with Crippen molar-refractivity contribution in [3.63, 3.8) is 0 Å².